The zero-order valence-electron chi connectivity index (χ0n) is 20.4. The van der Waals surface area contributed by atoms with E-state index in [2.05, 4.69) is 22.4 Å². The summed E-state index contributed by atoms with van der Waals surface area (Å²) in [4.78, 5) is 30.6. The SMILES string of the molecule is Cc1cnc(C)c(C(=O)NC2CCC(Cn3c(=O)n(Cc4ccccc4)c4ccccc43)CC2)c1. The summed E-state index contributed by atoms with van der Waals surface area (Å²) in [5, 5.41) is 3.21. The standard InChI is InChI=1S/C29H32N4O2/c1-20-16-25(21(2)30-17-20)28(34)31-24-14-12-23(13-15-24)19-33-27-11-7-6-10-26(27)32(29(33)35)18-22-8-4-3-5-9-22/h3-11,16-17,23-24H,12-15,18-19H2,1-2H3,(H,31,34). The number of carbonyl (C=O) groups is 1. The van der Waals surface area contributed by atoms with Gasteiger partial charge < -0.3 is 5.32 Å². The van der Waals surface area contributed by atoms with Gasteiger partial charge in [0.1, 0.15) is 0 Å². The van der Waals surface area contributed by atoms with E-state index in [9.17, 15) is 9.59 Å². The van der Waals surface area contributed by atoms with E-state index in [4.69, 9.17) is 0 Å². The van der Waals surface area contributed by atoms with Crippen molar-refractivity contribution < 1.29 is 4.79 Å². The fourth-order valence-corrected chi connectivity index (χ4v) is 5.25. The van der Waals surface area contributed by atoms with Crippen molar-refractivity contribution in [2.45, 2.75) is 58.7 Å². The topological polar surface area (TPSA) is 68.9 Å². The molecule has 0 bridgehead atoms. The number of imidazole rings is 1. The molecule has 6 nitrogen and oxygen atoms in total. The van der Waals surface area contributed by atoms with Crippen LogP contribution in [-0.4, -0.2) is 26.1 Å². The van der Waals surface area contributed by atoms with Gasteiger partial charge in [-0.05, 0) is 74.8 Å². The molecule has 0 spiro atoms. The number of nitrogens with one attached hydrogen (secondary N) is 1. The second-order valence-electron chi connectivity index (χ2n) is 9.79. The van der Waals surface area contributed by atoms with E-state index in [-0.39, 0.29) is 17.6 Å². The first kappa shape index (κ1) is 23.1. The van der Waals surface area contributed by atoms with Crippen molar-refractivity contribution in [3.8, 4) is 0 Å². The van der Waals surface area contributed by atoms with Crippen LogP contribution in [0.2, 0.25) is 0 Å². The van der Waals surface area contributed by atoms with Crippen LogP contribution in [0.4, 0.5) is 0 Å². The number of pyridine rings is 1. The second kappa shape index (κ2) is 9.90. The molecule has 180 valence electrons. The van der Waals surface area contributed by atoms with Crippen LogP contribution in [0.5, 0.6) is 0 Å². The normalized spacial score (nSPS) is 18.0. The predicted molar refractivity (Wildman–Crippen MR) is 139 cm³/mol. The second-order valence-corrected chi connectivity index (χ2v) is 9.79. The molecule has 0 saturated heterocycles. The molecule has 0 aliphatic heterocycles. The van der Waals surface area contributed by atoms with Gasteiger partial charge in [-0.3, -0.25) is 18.9 Å². The molecule has 1 amide bonds. The summed E-state index contributed by atoms with van der Waals surface area (Å²) in [6, 6.07) is 20.3. The van der Waals surface area contributed by atoms with E-state index in [1.807, 2.05) is 71.5 Å². The van der Waals surface area contributed by atoms with Gasteiger partial charge in [0.15, 0.2) is 0 Å². The Hall–Kier alpha value is -3.67. The highest BCUT2D eigenvalue weighted by Gasteiger charge is 2.25. The van der Waals surface area contributed by atoms with Gasteiger partial charge in [-0.25, -0.2) is 4.79 Å². The van der Waals surface area contributed by atoms with Crippen LogP contribution >= 0.6 is 0 Å². The Balaban J connectivity index is 1.27. The van der Waals surface area contributed by atoms with E-state index >= 15 is 0 Å². The lowest BCUT2D eigenvalue weighted by atomic mass is 9.85. The monoisotopic (exact) mass is 468 g/mol. The molecule has 2 aromatic heterocycles. The number of hydrogen-bond donors (Lipinski definition) is 1. The molecule has 1 aliphatic rings. The Bertz CT molecular complexity index is 1400. The molecular weight excluding hydrogens is 436 g/mol. The molecule has 1 fully saturated rings. The number of para-hydroxylation sites is 2. The van der Waals surface area contributed by atoms with Gasteiger partial charge in [-0.15, -0.1) is 0 Å². The largest absolute Gasteiger partial charge is 0.349 e. The van der Waals surface area contributed by atoms with Crippen molar-refractivity contribution in [1.82, 2.24) is 19.4 Å². The lowest BCUT2D eigenvalue weighted by Crippen LogP contribution is -2.39. The third-order valence-electron chi connectivity index (χ3n) is 7.20. The van der Waals surface area contributed by atoms with E-state index in [0.29, 0.717) is 24.6 Å². The fourth-order valence-electron chi connectivity index (χ4n) is 5.25. The number of hydrogen-bond acceptors (Lipinski definition) is 3. The maximum Gasteiger partial charge on any atom is 0.329 e. The van der Waals surface area contributed by atoms with Gasteiger partial charge in [-0.1, -0.05) is 42.5 Å². The number of nitrogens with zero attached hydrogens (tertiary/aromatic N) is 3. The quantitative estimate of drug-likeness (QED) is 0.440. The van der Waals surface area contributed by atoms with Crippen LogP contribution in [0, 0.1) is 19.8 Å². The van der Waals surface area contributed by atoms with Crippen molar-refractivity contribution in [3.05, 3.63) is 99.7 Å². The number of amides is 1. The molecule has 6 heteroatoms. The van der Waals surface area contributed by atoms with E-state index in [1.54, 1.807) is 6.20 Å². The first-order valence-electron chi connectivity index (χ1n) is 12.5. The number of carbonyl (C=O) groups excluding carboxylic acids is 1. The Morgan fingerprint density at radius 2 is 1.60 bits per heavy atom. The van der Waals surface area contributed by atoms with Crippen LogP contribution in [0.15, 0.2) is 71.7 Å². The average molecular weight is 469 g/mol. The minimum atomic E-state index is -0.0395. The minimum absolute atomic E-state index is 0.0395. The van der Waals surface area contributed by atoms with Crippen LogP contribution in [0.1, 0.15) is 52.9 Å². The van der Waals surface area contributed by atoms with Crippen LogP contribution < -0.4 is 11.0 Å². The van der Waals surface area contributed by atoms with Gasteiger partial charge in [0.25, 0.3) is 5.91 Å². The summed E-state index contributed by atoms with van der Waals surface area (Å²) in [5.74, 6) is 0.376. The van der Waals surface area contributed by atoms with Gasteiger partial charge in [0.2, 0.25) is 0 Å². The maximum absolute atomic E-state index is 13.5. The molecule has 1 saturated carbocycles. The number of rotatable bonds is 6. The molecule has 0 radical (unpaired) electrons. The maximum atomic E-state index is 13.5. The highest BCUT2D eigenvalue weighted by Crippen LogP contribution is 2.27. The van der Waals surface area contributed by atoms with Gasteiger partial charge in [-0.2, -0.15) is 0 Å². The molecule has 2 heterocycles. The number of aromatic nitrogens is 3. The molecule has 5 rings (SSSR count). The smallest absolute Gasteiger partial charge is 0.329 e. The molecule has 4 aromatic rings. The predicted octanol–water partition coefficient (Wildman–Crippen LogP) is 4.85. The lowest BCUT2D eigenvalue weighted by molar-refractivity contribution is 0.0919. The number of fused-ring (bicyclic) bond motifs is 1. The number of aryl methyl sites for hydroxylation is 2. The lowest BCUT2D eigenvalue weighted by Gasteiger charge is -2.29. The third-order valence-corrected chi connectivity index (χ3v) is 7.20. The average Bonchev–Trinajstić information content (AvgIpc) is 3.13. The van der Waals surface area contributed by atoms with Crippen LogP contribution in [0.3, 0.4) is 0 Å². The summed E-state index contributed by atoms with van der Waals surface area (Å²) in [7, 11) is 0. The van der Waals surface area contributed by atoms with Crippen molar-refractivity contribution in [2.24, 2.45) is 5.92 Å². The van der Waals surface area contributed by atoms with Crippen molar-refractivity contribution in [3.63, 3.8) is 0 Å². The Kier molecular flexibility index (Phi) is 6.53. The molecule has 0 unspecified atom stereocenters. The fraction of sp³-hybridized carbons (Fsp3) is 0.345. The zero-order valence-corrected chi connectivity index (χ0v) is 20.4. The minimum Gasteiger partial charge on any atom is -0.349 e. The van der Waals surface area contributed by atoms with E-state index < -0.39 is 0 Å². The first-order chi connectivity index (χ1) is 17.0. The highest BCUT2D eigenvalue weighted by atomic mass is 16.2. The third kappa shape index (κ3) is 4.92. The summed E-state index contributed by atoms with van der Waals surface area (Å²) in [6.45, 7) is 5.10. The highest BCUT2D eigenvalue weighted by molar-refractivity contribution is 5.95. The Morgan fingerprint density at radius 1 is 0.943 bits per heavy atom. The summed E-state index contributed by atoms with van der Waals surface area (Å²) in [5.41, 5.74) is 5.54. The molecule has 1 N–H and O–H groups in total. The van der Waals surface area contributed by atoms with Crippen molar-refractivity contribution in [2.75, 3.05) is 0 Å². The van der Waals surface area contributed by atoms with Crippen LogP contribution in [-0.2, 0) is 13.1 Å². The van der Waals surface area contributed by atoms with Gasteiger partial charge >= 0.3 is 5.69 Å². The molecular formula is C29H32N4O2. The molecule has 35 heavy (non-hydrogen) atoms. The first-order valence-corrected chi connectivity index (χ1v) is 12.5. The van der Waals surface area contributed by atoms with Crippen molar-refractivity contribution in [1.29, 1.82) is 0 Å². The van der Waals surface area contributed by atoms with Gasteiger partial charge in [0.05, 0.1) is 23.1 Å². The van der Waals surface area contributed by atoms with E-state index in [1.165, 1.54) is 0 Å². The van der Waals surface area contributed by atoms with Crippen molar-refractivity contribution >= 4 is 16.9 Å². The van der Waals surface area contributed by atoms with Gasteiger partial charge in [0, 0.05) is 24.5 Å². The summed E-state index contributed by atoms with van der Waals surface area (Å²) < 4.78 is 3.83. The van der Waals surface area contributed by atoms with E-state index in [0.717, 1.165) is 53.5 Å². The molecule has 2 aromatic carbocycles. The summed E-state index contributed by atoms with van der Waals surface area (Å²) in [6.07, 6.45) is 5.61. The Labute approximate surface area is 205 Å². The molecule has 1 aliphatic carbocycles. The number of benzene rings is 2. The Morgan fingerprint density at radius 3 is 2.31 bits per heavy atom. The summed E-state index contributed by atoms with van der Waals surface area (Å²) >= 11 is 0. The molecule has 0 atom stereocenters. The van der Waals surface area contributed by atoms with Crippen LogP contribution in [0.25, 0.3) is 11.0 Å². The zero-order chi connectivity index (χ0) is 24.4.